The lowest BCUT2D eigenvalue weighted by Gasteiger charge is -1.94. The number of nitrogens with one attached hydrogen (secondary N) is 1. The molecule has 1 aromatic heterocycles. The molecule has 0 saturated heterocycles. The lowest BCUT2D eigenvalue weighted by atomic mass is 10.3. The fourth-order valence-corrected chi connectivity index (χ4v) is 1.21. The summed E-state index contributed by atoms with van der Waals surface area (Å²) in [5.74, 6) is -0.0779. The van der Waals surface area contributed by atoms with Gasteiger partial charge in [0.25, 0.3) is 0 Å². The second-order valence-corrected chi connectivity index (χ2v) is 2.65. The van der Waals surface area contributed by atoms with Gasteiger partial charge in [-0.15, -0.1) is 11.3 Å². The number of carbonyl (C=O) groups excluding carboxylic acids is 1. The lowest BCUT2D eigenvalue weighted by Crippen LogP contribution is -2.18. The van der Waals surface area contributed by atoms with Gasteiger partial charge in [0, 0.05) is 5.38 Å². The first-order chi connectivity index (χ1) is 5.33. The second kappa shape index (κ2) is 3.88. The zero-order chi connectivity index (χ0) is 8.10. The van der Waals surface area contributed by atoms with Crippen LogP contribution in [-0.4, -0.2) is 10.9 Å². The molecule has 1 rings (SSSR count). The molecule has 0 saturated carbocycles. The number of hydrogen-bond acceptors (Lipinski definition) is 3. The average Bonchev–Trinajstić information content (AvgIpc) is 2.40. The van der Waals surface area contributed by atoms with Gasteiger partial charge in [-0.1, -0.05) is 6.58 Å². The molecule has 1 N–H and O–H groups in total. The largest absolute Gasteiger partial charge is 0.333 e. The summed E-state index contributed by atoms with van der Waals surface area (Å²) < 4.78 is 0. The summed E-state index contributed by atoms with van der Waals surface area (Å²) in [6.45, 7) is 3.38. The smallest absolute Gasteiger partial charge is 0.229 e. The van der Waals surface area contributed by atoms with Crippen molar-refractivity contribution >= 4 is 17.2 Å². The van der Waals surface area contributed by atoms with Gasteiger partial charge in [0.1, 0.15) is 0 Å². The molecule has 1 heterocycles. The number of amides is 1. The van der Waals surface area contributed by atoms with Crippen molar-refractivity contribution in [2.24, 2.45) is 0 Å². The third-order valence-electron chi connectivity index (χ3n) is 1.09. The number of nitrogens with zero attached hydrogens (tertiary/aromatic N) is 1. The fraction of sp³-hybridized carbons (Fsp3) is 0.143. The molecule has 4 heteroatoms. The topological polar surface area (TPSA) is 42.0 Å². The van der Waals surface area contributed by atoms with E-state index in [9.17, 15) is 4.79 Å². The zero-order valence-electron chi connectivity index (χ0n) is 5.91. The quantitative estimate of drug-likeness (QED) is 0.730. The second-order valence-electron chi connectivity index (χ2n) is 1.93. The number of thiazole rings is 1. The Morgan fingerprint density at radius 2 is 2.73 bits per heavy atom. The molecule has 1 amide bonds. The summed E-state index contributed by atoms with van der Waals surface area (Å²) in [7, 11) is 0. The standard InChI is InChI=1S/C7H8N2OS/c1-2-8-7(10)3-6-4-11-5-9-6/h2,4-5H,1,3H2,(H,8,10). The first-order valence-corrected chi connectivity index (χ1v) is 4.04. The third kappa shape index (κ3) is 2.51. The van der Waals surface area contributed by atoms with E-state index in [4.69, 9.17) is 0 Å². The van der Waals surface area contributed by atoms with Crippen molar-refractivity contribution in [2.45, 2.75) is 6.42 Å². The molecular weight excluding hydrogens is 160 g/mol. The summed E-state index contributed by atoms with van der Waals surface area (Å²) in [5.41, 5.74) is 2.51. The van der Waals surface area contributed by atoms with Crippen molar-refractivity contribution in [2.75, 3.05) is 0 Å². The fourth-order valence-electron chi connectivity index (χ4n) is 0.654. The van der Waals surface area contributed by atoms with E-state index in [1.54, 1.807) is 5.51 Å². The highest BCUT2D eigenvalue weighted by atomic mass is 32.1. The lowest BCUT2D eigenvalue weighted by molar-refractivity contribution is -0.119. The number of hydrogen-bond donors (Lipinski definition) is 1. The Labute approximate surface area is 68.8 Å². The van der Waals surface area contributed by atoms with Crippen LogP contribution in [0.5, 0.6) is 0 Å². The highest BCUT2D eigenvalue weighted by Crippen LogP contribution is 2.00. The first-order valence-electron chi connectivity index (χ1n) is 3.10. The van der Waals surface area contributed by atoms with Crippen LogP contribution >= 0.6 is 11.3 Å². The van der Waals surface area contributed by atoms with E-state index in [-0.39, 0.29) is 5.91 Å². The Bertz CT molecular complexity index is 243. The molecular formula is C7H8N2OS. The number of rotatable bonds is 3. The van der Waals surface area contributed by atoms with E-state index in [1.165, 1.54) is 17.5 Å². The van der Waals surface area contributed by atoms with Crippen LogP contribution in [0.25, 0.3) is 0 Å². The van der Waals surface area contributed by atoms with Gasteiger partial charge < -0.3 is 5.32 Å². The molecule has 3 nitrogen and oxygen atoms in total. The van der Waals surface area contributed by atoms with Gasteiger partial charge in [0.15, 0.2) is 0 Å². The molecule has 1 aromatic rings. The molecule has 0 fully saturated rings. The summed E-state index contributed by atoms with van der Waals surface area (Å²) in [4.78, 5) is 14.9. The molecule has 58 valence electrons. The monoisotopic (exact) mass is 168 g/mol. The predicted molar refractivity (Wildman–Crippen MR) is 44.2 cm³/mol. The van der Waals surface area contributed by atoms with Gasteiger partial charge in [0.05, 0.1) is 17.6 Å². The number of carbonyl (C=O) groups is 1. The van der Waals surface area contributed by atoms with E-state index in [0.717, 1.165) is 5.69 Å². The van der Waals surface area contributed by atoms with Crippen LogP contribution in [0.3, 0.4) is 0 Å². The minimum Gasteiger partial charge on any atom is -0.333 e. The van der Waals surface area contributed by atoms with Gasteiger partial charge in [-0.05, 0) is 6.20 Å². The predicted octanol–water partition coefficient (Wildman–Crippen LogP) is 0.945. The maximum atomic E-state index is 10.9. The maximum Gasteiger partial charge on any atom is 0.229 e. The molecule has 0 unspecified atom stereocenters. The summed E-state index contributed by atoms with van der Waals surface area (Å²) >= 11 is 1.48. The molecule has 0 spiro atoms. The average molecular weight is 168 g/mol. The van der Waals surface area contributed by atoms with Crippen molar-refractivity contribution in [1.82, 2.24) is 10.3 Å². The maximum absolute atomic E-state index is 10.9. The summed E-state index contributed by atoms with van der Waals surface area (Å²) in [6.07, 6.45) is 1.70. The van der Waals surface area contributed by atoms with Gasteiger partial charge in [-0.25, -0.2) is 4.98 Å². The van der Waals surface area contributed by atoms with Gasteiger partial charge >= 0.3 is 0 Å². The van der Waals surface area contributed by atoms with Crippen LogP contribution < -0.4 is 5.32 Å². The highest BCUT2D eigenvalue weighted by Gasteiger charge is 2.01. The van der Waals surface area contributed by atoms with E-state index in [1.807, 2.05) is 5.38 Å². The van der Waals surface area contributed by atoms with Crippen LogP contribution in [0.1, 0.15) is 5.69 Å². The van der Waals surface area contributed by atoms with Crippen LogP contribution in [-0.2, 0) is 11.2 Å². The van der Waals surface area contributed by atoms with Crippen molar-refractivity contribution in [1.29, 1.82) is 0 Å². The first kappa shape index (κ1) is 7.94. The Kier molecular flexibility index (Phi) is 2.80. The summed E-state index contributed by atoms with van der Waals surface area (Å²) in [6, 6.07) is 0. The van der Waals surface area contributed by atoms with Crippen molar-refractivity contribution < 1.29 is 4.79 Å². The van der Waals surface area contributed by atoms with Crippen molar-refractivity contribution in [3.8, 4) is 0 Å². The van der Waals surface area contributed by atoms with Crippen LogP contribution in [0, 0.1) is 0 Å². The van der Waals surface area contributed by atoms with Crippen molar-refractivity contribution in [3.05, 3.63) is 29.4 Å². The zero-order valence-corrected chi connectivity index (χ0v) is 6.73. The number of aromatic nitrogens is 1. The molecule has 0 aliphatic rings. The molecule has 0 aliphatic carbocycles. The van der Waals surface area contributed by atoms with E-state index in [2.05, 4.69) is 16.9 Å². The van der Waals surface area contributed by atoms with Gasteiger partial charge in [-0.3, -0.25) is 4.79 Å². The molecule has 0 atom stereocenters. The van der Waals surface area contributed by atoms with E-state index in [0.29, 0.717) is 6.42 Å². The normalized spacial score (nSPS) is 9.09. The Morgan fingerprint density at radius 1 is 1.91 bits per heavy atom. The van der Waals surface area contributed by atoms with Gasteiger partial charge in [-0.2, -0.15) is 0 Å². The molecule has 0 radical (unpaired) electrons. The molecule has 0 bridgehead atoms. The minimum atomic E-state index is -0.0779. The Morgan fingerprint density at radius 3 is 3.27 bits per heavy atom. The minimum absolute atomic E-state index is 0.0779. The van der Waals surface area contributed by atoms with Crippen LogP contribution in [0.4, 0.5) is 0 Å². The van der Waals surface area contributed by atoms with Crippen LogP contribution in [0.15, 0.2) is 23.7 Å². The summed E-state index contributed by atoms with van der Waals surface area (Å²) in [5, 5.41) is 4.32. The molecule has 11 heavy (non-hydrogen) atoms. The molecule has 0 aromatic carbocycles. The van der Waals surface area contributed by atoms with E-state index < -0.39 is 0 Å². The molecule has 0 aliphatic heterocycles. The Balaban J connectivity index is 2.43. The van der Waals surface area contributed by atoms with Crippen molar-refractivity contribution in [3.63, 3.8) is 0 Å². The SMILES string of the molecule is C=CNC(=O)Cc1cscn1. The Hall–Kier alpha value is -1.16. The van der Waals surface area contributed by atoms with E-state index >= 15 is 0 Å². The van der Waals surface area contributed by atoms with Crippen LogP contribution in [0.2, 0.25) is 0 Å². The van der Waals surface area contributed by atoms with Gasteiger partial charge in [0.2, 0.25) is 5.91 Å². The highest BCUT2D eigenvalue weighted by molar-refractivity contribution is 7.07. The third-order valence-corrected chi connectivity index (χ3v) is 1.72.